The van der Waals surface area contributed by atoms with Crippen molar-refractivity contribution in [2.75, 3.05) is 10.3 Å². The van der Waals surface area contributed by atoms with E-state index < -0.39 is 23.7 Å². The molecule has 0 radical (unpaired) electrons. The van der Waals surface area contributed by atoms with Crippen LogP contribution in [0.15, 0.2) is 66.2 Å². The van der Waals surface area contributed by atoms with Crippen LogP contribution in [0.3, 0.4) is 0 Å². The van der Waals surface area contributed by atoms with E-state index in [1.807, 2.05) is 12.1 Å². The van der Waals surface area contributed by atoms with Gasteiger partial charge in [0.2, 0.25) is 5.91 Å². The highest BCUT2D eigenvalue weighted by Gasteiger charge is 2.35. The molecule has 0 bridgehead atoms. The maximum atomic E-state index is 13.2. The zero-order valence-corrected chi connectivity index (χ0v) is 15.8. The Balaban J connectivity index is 1.47. The second-order valence-electron chi connectivity index (χ2n) is 6.70. The molecule has 3 N–H and O–H groups in total. The van der Waals surface area contributed by atoms with E-state index in [-0.39, 0.29) is 12.1 Å². The molecule has 2 amide bonds. The molecule has 1 aliphatic rings. The normalized spacial score (nSPS) is 15.7. The number of halogens is 1. The SMILES string of the molecule is NC(=O)C1CC(C(=O)Nc2ccn(Cc3cccnc3)n2)=NN1c1ccc(F)cc1. The number of hydrogen-bond donors (Lipinski definition) is 2. The fraction of sp³-hybridized carbons (Fsp3) is 0.150. The summed E-state index contributed by atoms with van der Waals surface area (Å²) in [4.78, 5) is 28.5. The van der Waals surface area contributed by atoms with Gasteiger partial charge in [0, 0.05) is 31.1 Å². The predicted octanol–water partition coefficient (Wildman–Crippen LogP) is 1.52. The lowest BCUT2D eigenvalue weighted by Crippen LogP contribution is -2.39. The second-order valence-corrected chi connectivity index (χ2v) is 6.70. The Morgan fingerprint density at radius 1 is 1.20 bits per heavy atom. The van der Waals surface area contributed by atoms with Crippen molar-refractivity contribution in [3.05, 3.63) is 72.4 Å². The number of rotatable bonds is 6. The lowest BCUT2D eigenvalue weighted by Gasteiger charge is -2.20. The summed E-state index contributed by atoms with van der Waals surface area (Å²) in [6.45, 7) is 0.507. The van der Waals surface area contributed by atoms with E-state index >= 15 is 0 Å². The van der Waals surface area contributed by atoms with E-state index in [1.54, 1.807) is 29.3 Å². The van der Waals surface area contributed by atoms with Gasteiger partial charge in [-0.2, -0.15) is 10.2 Å². The molecule has 1 atom stereocenters. The monoisotopic (exact) mass is 407 g/mol. The summed E-state index contributed by atoms with van der Waals surface area (Å²) in [6.07, 6.45) is 5.20. The maximum absolute atomic E-state index is 13.2. The van der Waals surface area contributed by atoms with Crippen molar-refractivity contribution in [1.29, 1.82) is 0 Å². The topological polar surface area (TPSA) is 118 Å². The zero-order valence-electron chi connectivity index (χ0n) is 15.8. The maximum Gasteiger partial charge on any atom is 0.273 e. The number of hydrogen-bond acceptors (Lipinski definition) is 6. The van der Waals surface area contributed by atoms with E-state index in [1.165, 1.54) is 29.3 Å². The Labute approximate surface area is 171 Å². The van der Waals surface area contributed by atoms with Crippen LogP contribution in [0.1, 0.15) is 12.0 Å². The van der Waals surface area contributed by atoms with E-state index in [0.717, 1.165) is 5.56 Å². The van der Waals surface area contributed by atoms with Gasteiger partial charge in [-0.05, 0) is 35.9 Å². The molecule has 0 saturated heterocycles. The lowest BCUT2D eigenvalue weighted by atomic mass is 10.1. The molecule has 0 fully saturated rings. The minimum absolute atomic E-state index is 0.0366. The summed E-state index contributed by atoms with van der Waals surface area (Å²) >= 11 is 0. The lowest BCUT2D eigenvalue weighted by molar-refractivity contribution is -0.119. The van der Waals surface area contributed by atoms with Crippen molar-refractivity contribution in [3.63, 3.8) is 0 Å². The molecule has 4 rings (SSSR count). The number of aromatic nitrogens is 3. The first-order valence-corrected chi connectivity index (χ1v) is 9.15. The third-order valence-electron chi connectivity index (χ3n) is 4.54. The van der Waals surface area contributed by atoms with E-state index in [2.05, 4.69) is 20.5 Å². The molecular formula is C20H18FN7O2. The summed E-state index contributed by atoms with van der Waals surface area (Å²) in [5.74, 6) is -1.19. The van der Waals surface area contributed by atoms with Gasteiger partial charge in [0.05, 0.1) is 12.2 Å². The van der Waals surface area contributed by atoms with Crippen molar-refractivity contribution in [3.8, 4) is 0 Å². The third-order valence-corrected chi connectivity index (χ3v) is 4.54. The molecule has 1 aliphatic heterocycles. The van der Waals surface area contributed by atoms with Gasteiger partial charge >= 0.3 is 0 Å². The number of amides is 2. The Hall–Kier alpha value is -4.08. The van der Waals surface area contributed by atoms with Crippen molar-refractivity contribution in [2.24, 2.45) is 10.8 Å². The summed E-state index contributed by atoms with van der Waals surface area (Å²) in [5, 5.41) is 12.6. The van der Waals surface area contributed by atoms with E-state index in [4.69, 9.17) is 5.73 Å². The van der Waals surface area contributed by atoms with E-state index in [0.29, 0.717) is 18.1 Å². The van der Waals surface area contributed by atoms with Gasteiger partial charge in [0.1, 0.15) is 17.6 Å². The minimum atomic E-state index is -0.834. The minimum Gasteiger partial charge on any atom is -0.368 e. The fourth-order valence-corrected chi connectivity index (χ4v) is 3.08. The molecule has 9 nitrogen and oxygen atoms in total. The number of benzene rings is 1. The number of carbonyl (C=O) groups is 2. The molecule has 10 heteroatoms. The number of carbonyl (C=O) groups excluding carboxylic acids is 2. The van der Waals surface area contributed by atoms with Crippen molar-refractivity contribution >= 4 is 29.0 Å². The van der Waals surface area contributed by atoms with Crippen LogP contribution < -0.4 is 16.1 Å². The van der Waals surface area contributed by atoms with E-state index in [9.17, 15) is 14.0 Å². The molecule has 152 valence electrons. The first-order valence-electron chi connectivity index (χ1n) is 9.15. The van der Waals surface area contributed by atoms with Gasteiger partial charge in [-0.15, -0.1) is 0 Å². The van der Waals surface area contributed by atoms with Crippen molar-refractivity contribution < 1.29 is 14.0 Å². The number of hydrazone groups is 1. The van der Waals surface area contributed by atoms with Crippen molar-refractivity contribution in [2.45, 2.75) is 19.0 Å². The number of primary amides is 1. The summed E-state index contributed by atoms with van der Waals surface area (Å²) < 4.78 is 14.9. The first-order chi connectivity index (χ1) is 14.5. The van der Waals surface area contributed by atoms with Gasteiger partial charge in [-0.3, -0.25) is 24.3 Å². The summed E-state index contributed by atoms with van der Waals surface area (Å²) in [6, 6.07) is 10.0. The molecule has 0 aliphatic carbocycles. The van der Waals surface area contributed by atoms with Crippen LogP contribution in [0.25, 0.3) is 0 Å². The van der Waals surface area contributed by atoms with Crippen molar-refractivity contribution in [1.82, 2.24) is 14.8 Å². The molecule has 30 heavy (non-hydrogen) atoms. The Morgan fingerprint density at radius 3 is 2.70 bits per heavy atom. The molecule has 0 spiro atoms. The number of anilines is 2. The number of nitrogens with zero attached hydrogens (tertiary/aromatic N) is 5. The standard InChI is InChI=1S/C20H18FN7O2/c21-14-3-5-15(6-4-14)28-17(19(22)29)10-16(25-28)20(30)24-18-7-9-27(26-18)12-13-2-1-8-23-11-13/h1-9,11,17H,10,12H2,(H2,22,29)(H,24,26,30). The number of nitrogens with one attached hydrogen (secondary N) is 1. The van der Waals surface area contributed by atoms with Crippen LogP contribution in [-0.4, -0.2) is 38.3 Å². The molecule has 2 aromatic heterocycles. The average Bonchev–Trinajstić information content (AvgIpc) is 3.37. The fourth-order valence-electron chi connectivity index (χ4n) is 3.08. The molecular weight excluding hydrogens is 389 g/mol. The molecule has 1 aromatic carbocycles. The van der Waals surface area contributed by atoms with Crippen LogP contribution in [0.4, 0.5) is 15.9 Å². The molecule has 0 saturated carbocycles. The van der Waals surface area contributed by atoms with Crippen LogP contribution in [0, 0.1) is 5.82 Å². The number of pyridine rings is 1. The van der Waals surface area contributed by atoms with Gasteiger partial charge < -0.3 is 11.1 Å². The second kappa shape index (κ2) is 8.11. The first kappa shape index (κ1) is 19.2. The Kier molecular flexibility index (Phi) is 5.21. The van der Waals surface area contributed by atoms with Crippen LogP contribution in [-0.2, 0) is 16.1 Å². The third kappa shape index (κ3) is 4.17. The average molecular weight is 407 g/mol. The molecule has 3 heterocycles. The quantitative estimate of drug-likeness (QED) is 0.642. The van der Waals surface area contributed by atoms with Gasteiger partial charge in [0.15, 0.2) is 5.82 Å². The molecule has 1 unspecified atom stereocenters. The summed E-state index contributed by atoms with van der Waals surface area (Å²) in [7, 11) is 0. The predicted molar refractivity (Wildman–Crippen MR) is 108 cm³/mol. The summed E-state index contributed by atoms with van der Waals surface area (Å²) in [5.41, 5.74) is 7.03. The number of nitrogens with two attached hydrogens (primary N) is 1. The zero-order chi connectivity index (χ0) is 21.1. The Morgan fingerprint density at radius 2 is 2.00 bits per heavy atom. The molecule has 3 aromatic rings. The highest BCUT2D eigenvalue weighted by molar-refractivity contribution is 6.44. The van der Waals surface area contributed by atoms with Gasteiger partial charge in [-0.25, -0.2) is 4.39 Å². The largest absolute Gasteiger partial charge is 0.368 e. The van der Waals surface area contributed by atoms with Crippen LogP contribution in [0.2, 0.25) is 0 Å². The highest BCUT2D eigenvalue weighted by atomic mass is 19.1. The smallest absolute Gasteiger partial charge is 0.273 e. The van der Waals surface area contributed by atoms with Gasteiger partial charge in [-0.1, -0.05) is 6.07 Å². The van der Waals surface area contributed by atoms with Crippen LogP contribution in [0.5, 0.6) is 0 Å². The Bertz CT molecular complexity index is 1100. The van der Waals surface area contributed by atoms with Crippen LogP contribution >= 0.6 is 0 Å². The highest BCUT2D eigenvalue weighted by Crippen LogP contribution is 2.25. The van der Waals surface area contributed by atoms with Gasteiger partial charge in [0.25, 0.3) is 5.91 Å².